The Bertz CT molecular complexity index is 890. The van der Waals surface area contributed by atoms with Gasteiger partial charge in [0.1, 0.15) is 0 Å². The largest absolute Gasteiger partial charge is 0.376 e. The predicted molar refractivity (Wildman–Crippen MR) is 114 cm³/mol. The fraction of sp³-hybridized carbons (Fsp3) is 0.348. The lowest BCUT2D eigenvalue weighted by atomic mass is 10.1. The van der Waals surface area contributed by atoms with Crippen LogP contribution in [0.3, 0.4) is 0 Å². The minimum atomic E-state index is -0.816. The Morgan fingerprint density at radius 3 is 2.40 bits per heavy atom. The summed E-state index contributed by atoms with van der Waals surface area (Å²) in [7, 11) is 0. The van der Waals surface area contributed by atoms with Crippen molar-refractivity contribution in [3.63, 3.8) is 0 Å². The molecule has 0 spiro atoms. The Morgan fingerprint density at radius 1 is 0.967 bits per heavy atom. The number of carbonyl (C=O) groups excluding carboxylic acids is 3. The van der Waals surface area contributed by atoms with E-state index in [9.17, 15) is 14.4 Å². The highest BCUT2D eigenvalue weighted by atomic mass is 16.5. The normalized spacial score (nSPS) is 15.4. The average Bonchev–Trinajstić information content (AvgIpc) is 3.30. The van der Waals surface area contributed by atoms with Crippen LogP contribution in [-0.4, -0.2) is 37.0 Å². The van der Waals surface area contributed by atoms with E-state index in [1.807, 2.05) is 24.3 Å². The van der Waals surface area contributed by atoms with Gasteiger partial charge in [-0.1, -0.05) is 43.3 Å². The zero-order valence-electron chi connectivity index (χ0n) is 17.1. The lowest BCUT2D eigenvalue weighted by molar-refractivity contribution is -0.136. The minimum absolute atomic E-state index is 0.0498. The first-order chi connectivity index (χ1) is 14.6. The maximum Gasteiger partial charge on any atom is 0.313 e. The van der Waals surface area contributed by atoms with Crippen molar-refractivity contribution in [1.29, 1.82) is 0 Å². The van der Waals surface area contributed by atoms with Gasteiger partial charge >= 0.3 is 11.8 Å². The first kappa shape index (κ1) is 21.5. The van der Waals surface area contributed by atoms with Crippen molar-refractivity contribution < 1.29 is 19.1 Å². The molecule has 0 aliphatic carbocycles. The van der Waals surface area contributed by atoms with Gasteiger partial charge in [0.2, 0.25) is 0 Å². The maximum absolute atomic E-state index is 12.6. The van der Waals surface area contributed by atoms with Crippen LogP contribution in [0.2, 0.25) is 0 Å². The van der Waals surface area contributed by atoms with Gasteiger partial charge in [-0.15, -0.1) is 0 Å². The number of amides is 3. The average molecular weight is 409 g/mol. The molecule has 7 nitrogen and oxygen atoms in total. The summed E-state index contributed by atoms with van der Waals surface area (Å²) in [5.41, 5.74) is 2.79. The van der Waals surface area contributed by atoms with E-state index < -0.39 is 11.8 Å². The molecule has 3 amide bonds. The molecule has 1 fully saturated rings. The van der Waals surface area contributed by atoms with Crippen LogP contribution in [0.1, 0.15) is 41.3 Å². The third kappa shape index (κ3) is 5.90. The van der Waals surface area contributed by atoms with Gasteiger partial charge in [0, 0.05) is 19.7 Å². The van der Waals surface area contributed by atoms with Crippen molar-refractivity contribution in [2.75, 3.05) is 18.5 Å². The van der Waals surface area contributed by atoms with Crippen LogP contribution in [0.25, 0.3) is 0 Å². The second-order valence-corrected chi connectivity index (χ2v) is 7.20. The van der Waals surface area contributed by atoms with Gasteiger partial charge in [-0.05, 0) is 42.5 Å². The Kier molecular flexibility index (Phi) is 7.57. The summed E-state index contributed by atoms with van der Waals surface area (Å²) in [6.45, 7) is 3.43. The smallest absolute Gasteiger partial charge is 0.313 e. The number of rotatable bonds is 7. The minimum Gasteiger partial charge on any atom is -0.376 e. The topological polar surface area (TPSA) is 96.5 Å². The molecular formula is C23H27N3O4. The Hall–Kier alpha value is -3.19. The molecule has 0 aromatic heterocycles. The fourth-order valence-electron chi connectivity index (χ4n) is 3.23. The number of nitrogens with one attached hydrogen (secondary N) is 3. The molecule has 158 valence electrons. The second kappa shape index (κ2) is 10.5. The summed E-state index contributed by atoms with van der Waals surface area (Å²) in [6, 6.07) is 14.6. The lowest BCUT2D eigenvalue weighted by Gasteiger charge is -2.13. The molecule has 0 bridgehead atoms. The Labute approximate surface area is 176 Å². The highest BCUT2D eigenvalue weighted by molar-refractivity contribution is 6.40. The van der Waals surface area contributed by atoms with Gasteiger partial charge in [0.25, 0.3) is 5.91 Å². The van der Waals surface area contributed by atoms with E-state index in [-0.39, 0.29) is 17.7 Å². The third-order valence-corrected chi connectivity index (χ3v) is 5.02. The summed E-state index contributed by atoms with van der Waals surface area (Å²) in [5.74, 6) is -1.90. The van der Waals surface area contributed by atoms with E-state index >= 15 is 0 Å². The van der Waals surface area contributed by atoms with E-state index in [0.29, 0.717) is 25.3 Å². The SMILES string of the molecule is CCc1ccc(CNC(=O)c2ccccc2NC(=O)C(=O)NC[C@H]2CCCO2)cc1. The summed E-state index contributed by atoms with van der Waals surface area (Å²) >= 11 is 0. The fourth-order valence-corrected chi connectivity index (χ4v) is 3.23. The van der Waals surface area contributed by atoms with Crippen molar-refractivity contribution in [2.24, 2.45) is 0 Å². The monoisotopic (exact) mass is 409 g/mol. The number of anilines is 1. The van der Waals surface area contributed by atoms with Crippen LogP contribution < -0.4 is 16.0 Å². The molecule has 2 aromatic rings. The first-order valence-electron chi connectivity index (χ1n) is 10.2. The molecule has 0 unspecified atom stereocenters. The highest BCUT2D eigenvalue weighted by Gasteiger charge is 2.21. The lowest BCUT2D eigenvalue weighted by Crippen LogP contribution is -2.39. The number of hydrogen-bond acceptors (Lipinski definition) is 4. The molecule has 1 saturated heterocycles. The Balaban J connectivity index is 1.56. The zero-order valence-corrected chi connectivity index (χ0v) is 17.1. The standard InChI is InChI=1S/C23H27N3O4/c1-2-16-9-11-17(12-10-16)14-24-21(27)19-7-3-4-8-20(19)26-23(29)22(28)25-15-18-6-5-13-30-18/h3-4,7-12,18H,2,5-6,13-15H2,1H3,(H,24,27)(H,25,28)(H,26,29)/t18-/m1/s1. The predicted octanol–water partition coefficient (Wildman–Crippen LogP) is 2.41. The molecule has 0 saturated carbocycles. The number of hydrogen-bond donors (Lipinski definition) is 3. The van der Waals surface area contributed by atoms with Crippen LogP contribution in [0.4, 0.5) is 5.69 Å². The van der Waals surface area contributed by atoms with Crippen molar-refractivity contribution in [3.05, 3.63) is 65.2 Å². The van der Waals surface area contributed by atoms with Crippen LogP contribution in [0.15, 0.2) is 48.5 Å². The number of carbonyl (C=O) groups is 3. The molecule has 1 aliphatic heterocycles. The van der Waals surface area contributed by atoms with E-state index in [1.54, 1.807) is 24.3 Å². The molecular weight excluding hydrogens is 382 g/mol. The molecule has 1 atom stereocenters. The van der Waals surface area contributed by atoms with Crippen LogP contribution >= 0.6 is 0 Å². The highest BCUT2D eigenvalue weighted by Crippen LogP contribution is 2.16. The molecule has 1 aliphatic rings. The molecule has 1 heterocycles. The maximum atomic E-state index is 12.6. The van der Waals surface area contributed by atoms with Crippen molar-refractivity contribution in [3.8, 4) is 0 Å². The van der Waals surface area contributed by atoms with E-state index in [2.05, 4.69) is 22.9 Å². The molecule has 3 N–H and O–H groups in total. The molecule has 3 rings (SSSR count). The van der Waals surface area contributed by atoms with Crippen molar-refractivity contribution in [1.82, 2.24) is 10.6 Å². The van der Waals surface area contributed by atoms with Crippen LogP contribution in [0.5, 0.6) is 0 Å². The van der Waals surface area contributed by atoms with Gasteiger partial charge in [0.15, 0.2) is 0 Å². The second-order valence-electron chi connectivity index (χ2n) is 7.20. The van der Waals surface area contributed by atoms with E-state index in [0.717, 1.165) is 24.8 Å². The van der Waals surface area contributed by atoms with Crippen LogP contribution in [-0.2, 0) is 27.3 Å². The molecule has 30 heavy (non-hydrogen) atoms. The quantitative estimate of drug-likeness (QED) is 0.612. The van der Waals surface area contributed by atoms with Gasteiger partial charge in [-0.3, -0.25) is 14.4 Å². The number of aryl methyl sites for hydroxylation is 1. The zero-order chi connectivity index (χ0) is 21.3. The summed E-state index contributed by atoms with van der Waals surface area (Å²) in [5, 5.41) is 7.95. The van der Waals surface area contributed by atoms with Crippen LogP contribution in [0, 0.1) is 0 Å². The molecule has 7 heteroatoms. The van der Waals surface area contributed by atoms with Gasteiger partial charge in [-0.25, -0.2) is 0 Å². The molecule has 2 aromatic carbocycles. The third-order valence-electron chi connectivity index (χ3n) is 5.02. The molecule has 0 radical (unpaired) electrons. The summed E-state index contributed by atoms with van der Waals surface area (Å²) in [4.78, 5) is 36.9. The van der Waals surface area contributed by atoms with Crippen molar-refractivity contribution >= 4 is 23.4 Å². The van der Waals surface area contributed by atoms with Gasteiger partial charge in [-0.2, -0.15) is 0 Å². The number of benzene rings is 2. The number of para-hydroxylation sites is 1. The summed E-state index contributed by atoms with van der Waals surface area (Å²) in [6.07, 6.45) is 2.73. The van der Waals surface area contributed by atoms with Gasteiger partial charge < -0.3 is 20.7 Å². The first-order valence-corrected chi connectivity index (χ1v) is 10.2. The van der Waals surface area contributed by atoms with E-state index in [4.69, 9.17) is 4.74 Å². The van der Waals surface area contributed by atoms with Gasteiger partial charge in [0.05, 0.1) is 17.4 Å². The van der Waals surface area contributed by atoms with Crippen molar-refractivity contribution in [2.45, 2.75) is 38.8 Å². The Morgan fingerprint density at radius 2 is 1.70 bits per heavy atom. The van der Waals surface area contributed by atoms with E-state index in [1.165, 1.54) is 5.56 Å². The summed E-state index contributed by atoms with van der Waals surface area (Å²) < 4.78 is 5.43. The number of ether oxygens (including phenoxy) is 1.